The van der Waals surface area contributed by atoms with E-state index < -0.39 is 0 Å². The number of thioether (sulfide) groups is 1. The summed E-state index contributed by atoms with van der Waals surface area (Å²) in [6.07, 6.45) is 2.45. The standard InChI is InChI=1S/C21H27N3O2S/c1-22-20(23-14-16-9-10-17(25-2)13-19(16)26-3)24-15-21(11-12-21)27-18-7-5-4-6-8-18/h4-10,13H,11-12,14-15H2,1-3H3,(H2,22,23,24). The van der Waals surface area contributed by atoms with Crippen LogP contribution < -0.4 is 20.1 Å². The molecule has 3 rings (SSSR count). The Hall–Kier alpha value is -2.34. The predicted octanol–water partition coefficient (Wildman–Crippen LogP) is 3.69. The van der Waals surface area contributed by atoms with E-state index in [9.17, 15) is 0 Å². The molecule has 0 heterocycles. The molecular weight excluding hydrogens is 358 g/mol. The Morgan fingerprint density at radius 1 is 1.07 bits per heavy atom. The first kappa shape index (κ1) is 19.4. The first-order chi connectivity index (χ1) is 13.2. The number of nitrogens with zero attached hydrogens (tertiary/aromatic N) is 1. The molecule has 1 fully saturated rings. The van der Waals surface area contributed by atoms with Gasteiger partial charge in [0.25, 0.3) is 0 Å². The van der Waals surface area contributed by atoms with Gasteiger partial charge in [0.05, 0.1) is 14.2 Å². The van der Waals surface area contributed by atoms with Gasteiger partial charge in [0.2, 0.25) is 0 Å². The second-order valence-electron chi connectivity index (χ2n) is 6.56. The molecule has 2 aromatic rings. The van der Waals surface area contributed by atoms with E-state index in [2.05, 4.69) is 46.0 Å². The van der Waals surface area contributed by atoms with Crippen molar-refractivity contribution in [2.45, 2.75) is 29.0 Å². The number of methoxy groups -OCH3 is 2. The lowest BCUT2D eigenvalue weighted by molar-refractivity contribution is 0.390. The van der Waals surface area contributed by atoms with Gasteiger partial charge in [-0.05, 0) is 37.1 Å². The Balaban J connectivity index is 1.53. The van der Waals surface area contributed by atoms with E-state index in [0.717, 1.165) is 29.6 Å². The number of ether oxygens (including phenoxy) is 2. The summed E-state index contributed by atoms with van der Waals surface area (Å²) in [5, 5.41) is 6.85. The SMILES string of the molecule is CN=C(NCc1ccc(OC)cc1OC)NCC1(Sc2ccccc2)CC1. The third kappa shape index (κ3) is 5.32. The highest BCUT2D eigenvalue weighted by Gasteiger charge is 2.43. The third-order valence-electron chi connectivity index (χ3n) is 4.63. The van der Waals surface area contributed by atoms with Crippen molar-refractivity contribution in [1.29, 1.82) is 0 Å². The van der Waals surface area contributed by atoms with Crippen molar-refractivity contribution in [3.8, 4) is 11.5 Å². The second kappa shape index (κ2) is 9.04. The smallest absolute Gasteiger partial charge is 0.191 e. The summed E-state index contributed by atoms with van der Waals surface area (Å²) in [6, 6.07) is 16.4. The van der Waals surface area contributed by atoms with Gasteiger partial charge in [0.15, 0.2) is 5.96 Å². The van der Waals surface area contributed by atoms with Gasteiger partial charge in [-0.1, -0.05) is 18.2 Å². The zero-order valence-electron chi connectivity index (χ0n) is 16.1. The van der Waals surface area contributed by atoms with Crippen molar-refractivity contribution < 1.29 is 9.47 Å². The number of hydrogen-bond acceptors (Lipinski definition) is 4. The van der Waals surface area contributed by atoms with Crippen LogP contribution in [-0.4, -0.2) is 38.5 Å². The van der Waals surface area contributed by atoms with Crippen LogP contribution in [0, 0.1) is 0 Å². The van der Waals surface area contributed by atoms with Crippen LogP contribution in [0.5, 0.6) is 11.5 Å². The van der Waals surface area contributed by atoms with Gasteiger partial charge in [-0.3, -0.25) is 4.99 Å². The molecular formula is C21H27N3O2S. The van der Waals surface area contributed by atoms with E-state index >= 15 is 0 Å². The van der Waals surface area contributed by atoms with Crippen LogP contribution >= 0.6 is 11.8 Å². The van der Waals surface area contributed by atoms with Gasteiger partial charge >= 0.3 is 0 Å². The molecule has 0 spiro atoms. The summed E-state index contributed by atoms with van der Waals surface area (Å²) in [5.74, 6) is 2.38. The van der Waals surface area contributed by atoms with Crippen LogP contribution in [0.15, 0.2) is 58.4 Å². The van der Waals surface area contributed by atoms with Crippen molar-refractivity contribution >= 4 is 17.7 Å². The molecule has 1 aliphatic rings. The van der Waals surface area contributed by atoms with Gasteiger partial charge in [0, 0.05) is 41.4 Å². The Kier molecular flexibility index (Phi) is 6.50. The number of guanidine groups is 1. The third-order valence-corrected chi connectivity index (χ3v) is 6.12. The van der Waals surface area contributed by atoms with Gasteiger partial charge in [0.1, 0.15) is 11.5 Å². The highest BCUT2D eigenvalue weighted by atomic mass is 32.2. The highest BCUT2D eigenvalue weighted by molar-refractivity contribution is 8.01. The molecule has 0 aliphatic heterocycles. The van der Waals surface area contributed by atoms with Gasteiger partial charge < -0.3 is 20.1 Å². The van der Waals surface area contributed by atoms with Crippen LogP contribution in [0.3, 0.4) is 0 Å². The van der Waals surface area contributed by atoms with Crippen LogP contribution in [0.2, 0.25) is 0 Å². The minimum atomic E-state index is 0.275. The summed E-state index contributed by atoms with van der Waals surface area (Å²) in [4.78, 5) is 5.67. The fourth-order valence-electron chi connectivity index (χ4n) is 2.84. The van der Waals surface area contributed by atoms with Gasteiger partial charge in [-0.2, -0.15) is 0 Å². The number of aliphatic imine (C=N–C) groups is 1. The quantitative estimate of drug-likeness (QED) is 0.536. The minimum absolute atomic E-state index is 0.275. The molecule has 6 heteroatoms. The van der Waals surface area contributed by atoms with Crippen molar-refractivity contribution in [3.05, 3.63) is 54.1 Å². The molecule has 0 saturated heterocycles. The maximum atomic E-state index is 5.46. The average Bonchev–Trinajstić information content (AvgIpc) is 3.48. The Labute approximate surface area is 165 Å². The van der Waals surface area contributed by atoms with E-state index in [1.54, 1.807) is 21.3 Å². The minimum Gasteiger partial charge on any atom is -0.497 e. The molecule has 0 unspecified atom stereocenters. The van der Waals surface area contributed by atoms with E-state index in [0.29, 0.717) is 6.54 Å². The molecule has 5 nitrogen and oxygen atoms in total. The number of rotatable bonds is 8. The highest BCUT2D eigenvalue weighted by Crippen LogP contribution is 2.51. The molecule has 1 saturated carbocycles. The summed E-state index contributed by atoms with van der Waals surface area (Å²) < 4.78 is 11.0. The van der Waals surface area contributed by atoms with Crippen LogP contribution in [0.1, 0.15) is 18.4 Å². The predicted molar refractivity (Wildman–Crippen MR) is 112 cm³/mol. The van der Waals surface area contributed by atoms with Crippen LogP contribution in [-0.2, 0) is 6.54 Å². The number of nitrogens with one attached hydrogen (secondary N) is 2. The second-order valence-corrected chi connectivity index (χ2v) is 8.10. The molecule has 0 amide bonds. The summed E-state index contributed by atoms with van der Waals surface area (Å²) in [7, 11) is 5.12. The molecule has 0 aromatic heterocycles. The lowest BCUT2D eigenvalue weighted by Crippen LogP contribution is -2.40. The lowest BCUT2D eigenvalue weighted by atomic mass is 10.2. The van der Waals surface area contributed by atoms with E-state index in [1.165, 1.54) is 17.7 Å². The zero-order valence-corrected chi connectivity index (χ0v) is 16.9. The first-order valence-electron chi connectivity index (χ1n) is 9.07. The average molecular weight is 386 g/mol. The Bertz CT molecular complexity index is 776. The molecule has 0 bridgehead atoms. The Morgan fingerprint density at radius 2 is 1.85 bits per heavy atom. The maximum Gasteiger partial charge on any atom is 0.191 e. The van der Waals surface area contributed by atoms with Crippen LogP contribution in [0.4, 0.5) is 0 Å². The Morgan fingerprint density at radius 3 is 2.48 bits per heavy atom. The fourth-order valence-corrected chi connectivity index (χ4v) is 4.08. The van der Waals surface area contributed by atoms with Crippen molar-refractivity contribution in [2.24, 2.45) is 4.99 Å². The number of benzene rings is 2. The molecule has 1 aliphatic carbocycles. The summed E-state index contributed by atoms with van der Waals surface area (Å²) in [5.41, 5.74) is 1.06. The maximum absolute atomic E-state index is 5.46. The first-order valence-corrected chi connectivity index (χ1v) is 9.89. The van der Waals surface area contributed by atoms with E-state index in [-0.39, 0.29) is 4.75 Å². The molecule has 0 radical (unpaired) electrons. The largest absolute Gasteiger partial charge is 0.497 e. The number of hydrogen-bond donors (Lipinski definition) is 2. The lowest BCUT2D eigenvalue weighted by Gasteiger charge is -2.19. The monoisotopic (exact) mass is 385 g/mol. The molecule has 27 heavy (non-hydrogen) atoms. The fraction of sp³-hybridized carbons (Fsp3) is 0.381. The summed E-state index contributed by atoms with van der Waals surface area (Å²) >= 11 is 1.95. The topological polar surface area (TPSA) is 54.9 Å². The van der Waals surface area contributed by atoms with E-state index in [1.807, 2.05) is 30.0 Å². The van der Waals surface area contributed by atoms with Crippen molar-refractivity contribution in [2.75, 3.05) is 27.8 Å². The van der Waals surface area contributed by atoms with Gasteiger partial charge in [-0.25, -0.2) is 0 Å². The van der Waals surface area contributed by atoms with Crippen LogP contribution in [0.25, 0.3) is 0 Å². The normalized spacial score (nSPS) is 15.1. The van der Waals surface area contributed by atoms with Gasteiger partial charge in [-0.15, -0.1) is 11.8 Å². The molecule has 2 aromatic carbocycles. The zero-order chi connectivity index (χ0) is 19.1. The summed E-state index contributed by atoms with van der Waals surface area (Å²) in [6.45, 7) is 1.53. The van der Waals surface area contributed by atoms with Crippen molar-refractivity contribution in [3.63, 3.8) is 0 Å². The molecule has 0 atom stereocenters. The van der Waals surface area contributed by atoms with E-state index in [4.69, 9.17) is 9.47 Å². The van der Waals surface area contributed by atoms with Crippen molar-refractivity contribution in [1.82, 2.24) is 10.6 Å². The molecule has 2 N–H and O–H groups in total. The molecule has 144 valence electrons.